The number of cyclic esters (lactones) is 1. The molecule has 302 valence electrons. The predicted octanol–water partition coefficient (Wildman–Crippen LogP) is 3.21. The highest BCUT2D eigenvalue weighted by atomic mass is 16.7. The number of dihydropyridines is 1. The second-order valence-electron chi connectivity index (χ2n) is 16.2. The summed E-state index contributed by atoms with van der Waals surface area (Å²) < 4.78 is 25.3. The smallest absolute Gasteiger partial charge is 0.316 e. The van der Waals surface area contributed by atoms with Gasteiger partial charge in [-0.2, -0.15) is 0 Å². The van der Waals surface area contributed by atoms with Gasteiger partial charge in [0.2, 0.25) is 5.91 Å². The average Bonchev–Trinajstić information content (AvgIpc) is 3.13. The van der Waals surface area contributed by atoms with E-state index in [1.807, 2.05) is 62.5 Å². The number of aliphatic hydroxyl groups is 3. The number of amides is 1. The van der Waals surface area contributed by atoms with Gasteiger partial charge in [0.1, 0.15) is 29.8 Å². The second kappa shape index (κ2) is 18.3. The van der Waals surface area contributed by atoms with Gasteiger partial charge >= 0.3 is 5.97 Å². The molecule has 0 aromatic heterocycles. The van der Waals surface area contributed by atoms with Crippen molar-refractivity contribution in [1.82, 2.24) is 10.2 Å². The molecular weight excluding hydrogens is 694 g/mol. The number of nitrogens with one attached hydrogen (secondary N) is 1. The number of allylic oxidation sites excluding steroid dienone is 4. The summed E-state index contributed by atoms with van der Waals surface area (Å²) >= 11 is 0. The van der Waals surface area contributed by atoms with Crippen LogP contribution in [0.1, 0.15) is 81.1 Å². The lowest BCUT2D eigenvalue weighted by Crippen LogP contribution is -2.60. The van der Waals surface area contributed by atoms with Crippen molar-refractivity contribution in [1.29, 1.82) is 0 Å². The predicted molar refractivity (Wildman–Crippen MR) is 205 cm³/mol. The van der Waals surface area contributed by atoms with Crippen LogP contribution >= 0.6 is 0 Å². The lowest BCUT2D eigenvalue weighted by atomic mass is 9.78. The van der Waals surface area contributed by atoms with Gasteiger partial charge < -0.3 is 44.5 Å². The number of ether oxygens (including phenoxy) is 4. The first-order valence-electron chi connectivity index (χ1n) is 19.3. The third-order valence-corrected chi connectivity index (χ3v) is 11.4. The van der Waals surface area contributed by atoms with Gasteiger partial charge in [-0.1, -0.05) is 51.2 Å². The number of fused-ring (bicyclic) bond motifs is 1. The first-order valence-corrected chi connectivity index (χ1v) is 19.3. The molecule has 14 atom stereocenters. The fourth-order valence-corrected chi connectivity index (χ4v) is 8.05. The third kappa shape index (κ3) is 10.0. The Morgan fingerprint density at radius 3 is 2.46 bits per heavy atom. The normalized spacial score (nSPS) is 41.9. The zero-order valence-corrected chi connectivity index (χ0v) is 33.6. The van der Waals surface area contributed by atoms with E-state index in [0.29, 0.717) is 12.8 Å². The van der Waals surface area contributed by atoms with Gasteiger partial charge in [0.25, 0.3) is 0 Å². The van der Waals surface area contributed by atoms with E-state index in [0.717, 1.165) is 11.1 Å². The van der Waals surface area contributed by atoms with Crippen molar-refractivity contribution < 1.29 is 48.7 Å². The van der Waals surface area contributed by atoms with Gasteiger partial charge in [-0.05, 0) is 91.6 Å². The van der Waals surface area contributed by atoms with E-state index in [1.165, 1.54) is 13.8 Å². The number of nitrogens with zero attached hydrogens (tertiary/aromatic N) is 2. The third-order valence-electron chi connectivity index (χ3n) is 11.4. The first kappa shape index (κ1) is 43.7. The number of hydrogen-bond donors (Lipinski definition) is 4. The molecule has 2 saturated heterocycles. The van der Waals surface area contributed by atoms with Crippen LogP contribution in [0.25, 0.3) is 0 Å². The Balaban J connectivity index is 1.74. The lowest BCUT2D eigenvalue weighted by Gasteiger charge is -2.47. The molecule has 4 rings (SSSR count). The number of hydrogen-bond acceptors (Lipinski definition) is 12. The molecule has 13 nitrogen and oxygen atoms in total. The molecular formula is C41H63N3O10. The minimum Gasteiger partial charge on any atom is -0.459 e. The van der Waals surface area contributed by atoms with Crippen molar-refractivity contribution in [3.05, 3.63) is 47.6 Å². The monoisotopic (exact) mass is 757 g/mol. The Hall–Kier alpha value is -3.04. The van der Waals surface area contributed by atoms with Crippen molar-refractivity contribution in [3.8, 4) is 0 Å². The van der Waals surface area contributed by atoms with E-state index in [2.05, 4.69) is 16.4 Å². The number of ketones is 1. The highest BCUT2D eigenvalue weighted by Gasteiger charge is 2.51. The molecule has 54 heavy (non-hydrogen) atoms. The number of carbonyl (C=O) groups excluding carboxylic acids is 3. The molecule has 3 aliphatic heterocycles. The summed E-state index contributed by atoms with van der Waals surface area (Å²) in [6, 6.07) is -1.25. The summed E-state index contributed by atoms with van der Waals surface area (Å²) in [4.78, 5) is 48.3. The molecule has 0 bridgehead atoms. The maximum Gasteiger partial charge on any atom is 0.316 e. The van der Waals surface area contributed by atoms with Crippen LogP contribution in [0, 0.1) is 17.8 Å². The molecule has 13 heteroatoms. The van der Waals surface area contributed by atoms with E-state index >= 15 is 0 Å². The number of carbonyl (C=O) groups is 3. The molecule has 4 N–H and O–H groups in total. The van der Waals surface area contributed by atoms with Crippen molar-refractivity contribution in [2.24, 2.45) is 22.7 Å². The highest BCUT2D eigenvalue weighted by molar-refractivity contribution is 6.00. The molecule has 0 aromatic rings. The zero-order chi connectivity index (χ0) is 40.1. The Kier molecular flexibility index (Phi) is 14.8. The number of aliphatic imine (C=N–C) groups is 1. The topological polar surface area (TPSA) is 176 Å². The maximum atomic E-state index is 14.3. The van der Waals surface area contributed by atoms with Crippen LogP contribution in [0.15, 0.2) is 52.6 Å². The molecule has 1 aliphatic carbocycles. The van der Waals surface area contributed by atoms with Gasteiger partial charge in [-0.3, -0.25) is 19.4 Å². The SMILES string of the molecule is CCC1OC(=O)C(C)C(=O)C(C)C(OC2OC(C)CC(N(C)C)C2O)C(C)(OCC/C=C2\C=NC3C=CC=CC3=C2)CC(C)C(=O)NC(C)C(O)C1(C)O. The van der Waals surface area contributed by atoms with Gasteiger partial charge in [0.15, 0.2) is 12.1 Å². The van der Waals surface area contributed by atoms with E-state index in [1.54, 1.807) is 34.6 Å². The van der Waals surface area contributed by atoms with Crippen LogP contribution in [0.4, 0.5) is 0 Å². The van der Waals surface area contributed by atoms with Gasteiger partial charge in [-0.15, -0.1) is 0 Å². The molecule has 0 aromatic carbocycles. The number of esters is 1. The second-order valence-corrected chi connectivity index (χ2v) is 16.2. The Morgan fingerprint density at radius 2 is 1.80 bits per heavy atom. The highest BCUT2D eigenvalue weighted by Crippen LogP contribution is 2.37. The fraction of sp³-hybridized carbons (Fsp3) is 0.707. The lowest BCUT2D eigenvalue weighted by molar-refractivity contribution is -0.297. The van der Waals surface area contributed by atoms with Crippen LogP contribution in [-0.2, 0) is 33.3 Å². The van der Waals surface area contributed by atoms with Crippen molar-refractivity contribution in [3.63, 3.8) is 0 Å². The van der Waals surface area contributed by atoms with Gasteiger partial charge in [0.05, 0.1) is 36.5 Å². The van der Waals surface area contributed by atoms with Crippen molar-refractivity contribution in [2.75, 3.05) is 20.7 Å². The molecule has 0 saturated carbocycles. The van der Waals surface area contributed by atoms with Gasteiger partial charge in [0, 0.05) is 24.1 Å². The summed E-state index contributed by atoms with van der Waals surface area (Å²) in [6.45, 7) is 13.2. The van der Waals surface area contributed by atoms with E-state index < -0.39 is 83.4 Å². The molecule has 2 fully saturated rings. The summed E-state index contributed by atoms with van der Waals surface area (Å²) in [5.41, 5.74) is -1.31. The molecule has 14 unspecified atom stereocenters. The van der Waals surface area contributed by atoms with E-state index in [-0.39, 0.29) is 37.6 Å². The number of aliphatic hydroxyl groups excluding tert-OH is 2. The Labute approximate surface area is 320 Å². The number of Topliss-reactive ketones (excluding diaryl/α,β-unsaturated/α-hetero) is 1. The summed E-state index contributed by atoms with van der Waals surface area (Å²) in [5.74, 6) is -4.88. The van der Waals surface area contributed by atoms with Crippen LogP contribution < -0.4 is 5.32 Å². The molecule has 0 spiro atoms. The molecule has 3 heterocycles. The van der Waals surface area contributed by atoms with Gasteiger partial charge in [-0.25, -0.2) is 0 Å². The Morgan fingerprint density at radius 1 is 1.09 bits per heavy atom. The maximum absolute atomic E-state index is 14.3. The van der Waals surface area contributed by atoms with Crippen LogP contribution in [0.2, 0.25) is 0 Å². The summed E-state index contributed by atoms with van der Waals surface area (Å²) in [7, 11) is 3.73. The standard InChI is InChI=1S/C41H63N3O10/c1-11-32-41(8,50)35(47)27(6)43-37(48)23(2)21-40(7,51-18-14-15-28-20-29-16-12-13-17-30(29)42-22-28)36(25(4)33(45)26(5)38(49)53-32)54-39-34(46)31(44(9)10)19-24(3)52-39/h12-13,15-17,20,22-27,30-32,34-36,39,46-47,50H,11,14,18-19,21H2,1-10H3,(H,43,48)/b28-15-. The molecule has 4 aliphatic rings. The van der Waals surface area contributed by atoms with Crippen molar-refractivity contribution in [2.45, 2.75) is 147 Å². The zero-order valence-electron chi connectivity index (χ0n) is 33.6. The van der Waals surface area contributed by atoms with Crippen LogP contribution in [-0.4, -0.2) is 131 Å². The minimum absolute atomic E-state index is 0.00412. The molecule has 1 amide bonds. The van der Waals surface area contributed by atoms with E-state index in [4.69, 9.17) is 18.9 Å². The Bertz CT molecular complexity index is 1500. The molecule has 0 radical (unpaired) electrons. The summed E-state index contributed by atoms with van der Waals surface area (Å²) in [6.07, 6.45) is 8.74. The summed E-state index contributed by atoms with van der Waals surface area (Å²) in [5, 5.41) is 37.0. The van der Waals surface area contributed by atoms with Crippen molar-refractivity contribution >= 4 is 23.9 Å². The quantitative estimate of drug-likeness (QED) is 0.163. The fourth-order valence-electron chi connectivity index (χ4n) is 8.05. The minimum atomic E-state index is -1.95. The number of rotatable bonds is 8. The first-order chi connectivity index (χ1) is 25.3. The van der Waals surface area contributed by atoms with Crippen LogP contribution in [0.3, 0.4) is 0 Å². The number of likely N-dealkylation sites (N-methyl/N-ethyl adjacent to an activating group) is 1. The largest absolute Gasteiger partial charge is 0.459 e. The average molecular weight is 758 g/mol. The van der Waals surface area contributed by atoms with E-state index in [9.17, 15) is 29.7 Å². The van der Waals surface area contributed by atoms with Crippen LogP contribution in [0.5, 0.6) is 0 Å².